The highest BCUT2D eigenvalue weighted by molar-refractivity contribution is 5.33. The second-order valence-electron chi connectivity index (χ2n) is 7.57. The topological polar surface area (TPSA) is 34.0 Å². The lowest BCUT2D eigenvalue weighted by Gasteiger charge is -2.37. The highest BCUT2D eigenvalue weighted by atomic mass is 19.3. The van der Waals surface area contributed by atoms with Gasteiger partial charge in [0, 0.05) is 32.4 Å². The van der Waals surface area contributed by atoms with Crippen LogP contribution in [-0.4, -0.2) is 34.3 Å². The van der Waals surface area contributed by atoms with E-state index in [1.165, 1.54) is 12.0 Å². The smallest absolute Gasteiger partial charge is 0.248 e. The quantitative estimate of drug-likeness (QED) is 0.790. The lowest BCUT2D eigenvalue weighted by atomic mass is 9.81. The fraction of sp³-hybridized carbons (Fsp3) is 0.579. The molecule has 4 rings (SSSR count). The third-order valence-electron chi connectivity index (χ3n) is 5.46. The van der Waals surface area contributed by atoms with Gasteiger partial charge in [-0.1, -0.05) is 36.8 Å². The van der Waals surface area contributed by atoms with Crippen molar-refractivity contribution >= 4 is 5.95 Å². The molecule has 0 spiro atoms. The summed E-state index contributed by atoms with van der Waals surface area (Å²) in [5, 5.41) is 8.87. The largest absolute Gasteiger partial charge is 0.344 e. The van der Waals surface area contributed by atoms with Gasteiger partial charge in [-0.2, -0.15) is 0 Å². The minimum Gasteiger partial charge on any atom is -0.344 e. The number of hydrogen-bond acceptors (Lipinski definition) is 3. The summed E-state index contributed by atoms with van der Waals surface area (Å²) < 4.78 is 28.4. The Balaban J connectivity index is 1.55. The Labute approximate surface area is 146 Å². The van der Waals surface area contributed by atoms with Gasteiger partial charge in [0.05, 0.1) is 6.54 Å². The lowest BCUT2D eigenvalue weighted by Crippen LogP contribution is -2.42. The Morgan fingerprint density at radius 1 is 1.16 bits per heavy atom. The van der Waals surface area contributed by atoms with Crippen LogP contribution in [0.4, 0.5) is 14.7 Å². The van der Waals surface area contributed by atoms with Crippen LogP contribution in [0, 0.1) is 5.92 Å². The Hall–Kier alpha value is -1.98. The maximum atomic E-state index is 13.1. The Morgan fingerprint density at radius 3 is 2.48 bits per heavy atom. The van der Waals surface area contributed by atoms with Gasteiger partial charge in [0.15, 0.2) is 0 Å². The Bertz CT molecular complexity index is 716. The molecular formula is C19H24F2N4. The van der Waals surface area contributed by atoms with Crippen LogP contribution in [0.3, 0.4) is 0 Å². The highest BCUT2D eigenvalue weighted by Crippen LogP contribution is 2.43. The maximum Gasteiger partial charge on any atom is 0.248 e. The van der Waals surface area contributed by atoms with Crippen molar-refractivity contribution in [3.05, 3.63) is 41.7 Å². The van der Waals surface area contributed by atoms with Crippen LogP contribution < -0.4 is 4.90 Å². The van der Waals surface area contributed by atoms with E-state index in [4.69, 9.17) is 0 Å². The second kappa shape index (κ2) is 6.39. The molecule has 0 saturated heterocycles. The number of alkyl halides is 2. The molecule has 0 unspecified atom stereocenters. The van der Waals surface area contributed by atoms with Crippen molar-refractivity contribution in [1.29, 1.82) is 0 Å². The van der Waals surface area contributed by atoms with Gasteiger partial charge < -0.3 is 4.90 Å². The fourth-order valence-corrected chi connectivity index (χ4v) is 3.86. The van der Waals surface area contributed by atoms with Gasteiger partial charge >= 0.3 is 0 Å². The van der Waals surface area contributed by atoms with Crippen molar-refractivity contribution < 1.29 is 8.78 Å². The molecule has 0 N–H and O–H groups in total. The van der Waals surface area contributed by atoms with Crippen LogP contribution in [0.15, 0.2) is 30.3 Å². The molecule has 0 atom stereocenters. The number of benzene rings is 1. The van der Waals surface area contributed by atoms with E-state index < -0.39 is 5.92 Å². The Morgan fingerprint density at radius 2 is 1.88 bits per heavy atom. The van der Waals surface area contributed by atoms with Gasteiger partial charge in [0.2, 0.25) is 11.9 Å². The molecule has 1 aromatic carbocycles. The molecule has 2 aliphatic carbocycles. The van der Waals surface area contributed by atoms with E-state index in [-0.39, 0.29) is 18.8 Å². The molecule has 6 heteroatoms. The average Bonchev–Trinajstić information content (AvgIpc) is 2.88. The monoisotopic (exact) mass is 346 g/mol. The van der Waals surface area contributed by atoms with Crippen LogP contribution in [0.25, 0.3) is 0 Å². The summed E-state index contributed by atoms with van der Waals surface area (Å²) in [6.07, 6.45) is 3.53. The minimum absolute atomic E-state index is 0.0142. The van der Waals surface area contributed by atoms with E-state index >= 15 is 0 Å². The number of rotatable bonds is 6. The van der Waals surface area contributed by atoms with Crippen LogP contribution in [0.5, 0.6) is 0 Å². The van der Waals surface area contributed by atoms with Crippen molar-refractivity contribution in [2.75, 3.05) is 18.5 Å². The summed E-state index contributed by atoms with van der Waals surface area (Å²) in [6.45, 7) is 1.33. The van der Waals surface area contributed by atoms with Crippen molar-refractivity contribution in [3.8, 4) is 0 Å². The van der Waals surface area contributed by atoms with Crippen LogP contribution in [0.2, 0.25) is 0 Å². The summed E-state index contributed by atoms with van der Waals surface area (Å²) in [4.78, 5) is 2.00. The first-order valence-electron chi connectivity index (χ1n) is 9.08. The molecule has 4 nitrogen and oxygen atoms in total. The molecule has 2 fully saturated rings. The SMILES string of the molecule is CN(CC1CC(F)(F)C1)c1nnc(C2CCC2)n1Cc1ccccc1. The summed E-state index contributed by atoms with van der Waals surface area (Å²) in [6, 6.07) is 10.3. The molecule has 2 aromatic rings. The number of hydrogen-bond donors (Lipinski definition) is 0. The number of halogens is 2. The molecule has 2 aliphatic rings. The van der Waals surface area contributed by atoms with E-state index in [2.05, 4.69) is 26.9 Å². The second-order valence-corrected chi connectivity index (χ2v) is 7.57. The van der Waals surface area contributed by atoms with Gasteiger partial charge in [0.25, 0.3) is 0 Å². The summed E-state index contributed by atoms with van der Waals surface area (Å²) in [5.74, 6) is -0.127. The van der Waals surface area contributed by atoms with Crippen molar-refractivity contribution in [2.24, 2.45) is 5.92 Å². The first kappa shape index (κ1) is 16.5. The normalized spacial score (nSPS) is 20.1. The van der Waals surface area contributed by atoms with Crippen LogP contribution in [-0.2, 0) is 6.54 Å². The molecule has 134 valence electrons. The zero-order valence-electron chi connectivity index (χ0n) is 14.5. The van der Waals surface area contributed by atoms with Gasteiger partial charge in [-0.05, 0) is 24.3 Å². The lowest BCUT2D eigenvalue weighted by molar-refractivity contribution is -0.107. The van der Waals surface area contributed by atoms with E-state index in [1.807, 2.05) is 30.1 Å². The zero-order chi connectivity index (χ0) is 17.4. The third kappa shape index (κ3) is 3.39. The molecule has 0 radical (unpaired) electrons. The summed E-state index contributed by atoms with van der Waals surface area (Å²) >= 11 is 0. The predicted molar refractivity (Wildman–Crippen MR) is 93.1 cm³/mol. The van der Waals surface area contributed by atoms with Crippen molar-refractivity contribution in [2.45, 2.75) is 50.5 Å². The highest BCUT2D eigenvalue weighted by Gasteiger charge is 2.45. The van der Waals surface area contributed by atoms with E-state index in [1.54, 1.807) is 0 Å². The number of anilines is 1. The van der Waals surface area contributed by atoms with Crippen LogP contribution >= 0.6 is 0 Å². The standard InChI is InChI=1S/C19H24F2N4/c1-24(12-15-10-19(20,21)11-15)18-23-22-17(16-8-5-9-16)25(18)13-14-6-3-2-4-7-14/h2-4,6-7,15-16H,5,8-13H2,1H3. The molecule has 1 aromatic heterocycles. The summed E-state index contributed by atoms with van der Waals surface area (Å²) in [5.41, 5.74) is 1.20. The molecule has 0 aliphatic heterocycles. The molecule has 25 heavy (non-hydrogen) atoms. The van der Waals surface area contributed by atoms with Gasteiger partial charge in [-0.3, -0.25) is 4.57 Å². The molecule has 1 heterocycles. The molecule has 2 saturated carbocycles. The van der Waals surface area contributed by atoms with Gasteiger partial charge in [0.1, 0.15) is 5.82 Å². The van der Waals surface area contributed by atoms with E-state index in [9.17, 15) is 8.78 Å². The third-order valence-corrected chi connectivity index (χ3v) is 5.46. The molecule has 0 amide bonds. The minimum atomic E-state index is -2.47. The van der Waals surface area contributed by atoms with E-state index in [0.29, 0.717) is 12.5 Å². The molecule has 0 bridgehead atoms. The Kier molecular flexibility index (Phi) is 4.21. The van der Waals surface area contributed by atoms with E-state index in [0.717, 1.165) is 31.2 Å². The zero-order valence-corrected chi connectivity index (χ0v) is 14.5. The number of nitrogens with zero attached hydrogens (tertiary/aromatic N) is 4. The van der Waals surface area contributed by atoms with Gasteiger partial charge in [-0.15, -0.1) is 10.2 Å². The first-order chi connectivity index (χ1) is 12.0. The number of aromatic nitrogens is 3. The van der Waals surface area contributed by atoms with Crippen LogP contribution in [0.1, 0.15) is 49.4 Å². The predicted octanol–water partition coefficient (Wildman–Crippen LogP) is 4.08. The summed E-state index contributed by atoms with van der Waals surface area (Å²) in [7, 11) is 1.94. The maximum absolute atomic E-state index is 13.1. The average molecular weight is 346 g/mol. The van der Waals surface area contributed by atoms with Crippen molar-refractivity contribution in [3.63, 3.8) is 0 Å². The van der Waals surface area contributed by atoms with Gasteiger partial charge in [-0.25, -0.2) is 8.78 Å². The van der Waals surface area contributed by atoms with Crippen molar-refractivity contribution in [1.82, 2.24) is 14.8 Å². The molecular weight excluding hydrogens is 322 g/mol. The first-order valence-corrected chi connectivity index (χ1v) is 9.08. The fourth-order valence-electron chi connectivity index (χ4n) is 3.86.